The van der Waals surface area contributed by atoms with Gasteiger partial charge in [-0.25, -0.2) is 0 Å². The molecule has 0 aromatic carbocycles. The molecule has 0 spiro atoms. The highest BCUT2D eigenvalue weighted by molar-refractivity contribution is 5.84. The standard InChI is InChI=1S/C40H78N4.C8H10O8/c1-31(2)19-27(20-32(3,4)41-31)39(17,28-21-33(5,6)42-34(7,8)22-28)40(18,29-23-35(9,10)43-36(11,12)24-29)30-25-37(13,14)44-38(15,16)26-30;9-5(10)1-3(7(13)14)4(8(15)16)2-6(11)12/h27-30,41-44H,19-26H2,1-18H3;3-4H,1-2H2,(H,9,10)(H,11,12)(H,13,14)(H,15,16)/p-4. The molecule has 0 aliphatic carbocycles. The van der Waals surface area contributed by atoms with E-state index >= 15 is 0 Å². The zero-order valence-corrected chi connectivity index (χ0v) is 40.8. The molecule has 0 aromatic rings. The van der Waals surface area contributed by atoms with Gasteiger partial charge in [-0.2, -0.15) is 0 Å². The smallest absolute Gasteiger partial charge is 0.0455 e. The Labute approximate surface area is 363 Å². The van der Waals surface area contributed by atoms with Crippen molar-refractivity contribution in [1.29, 1.82) is 0 Å². The zero-order chi connectivity index (χ0) is 46.7. The summed E-state index contributed by atoms with van der Waals surface area (Å²) in [4.78, 5) is 41.2. The molecular formula is C48H84N4O8-4. The van der Waals surface area contributed by atoms with Crippen molar-refractivity contribution in [2.75, 3.05) is 0 Å². The molecular weight excluding hydrogens is 761 g/mol. The minimum atomic E-state index is -2.03. The quantitative estimate of drug-likeness (QED) is 0.223. The number of carboxylic acids is 4. The van der Waals surface area contributed by atoms with Gasteiger partial charge in [0.25, 0.3) is 0 Å². The Morgan fingerprint density at radius 1 is 0.400 bits per heavy atom. The fourth-order valence-electron chi connectivity index (χ4n) is 14.6. The van der Waals surface area contributed by atoms with Gasteiger partial charge >= 0.3 is 0 Å². The second-order valence-corrected chi connectivity index (χ2v) is 25.6. The summed E-state index contributed by atoms with van der Waals surface area (Å²) in [6.45, 7) is 45.5. The van der Waals surface area contributed by atoms with E-state index in [1.54, 1.807) is 0 Å². The van der Waals surface area contributed by atoms with E-state index in [4.69, 9.17) is 0 Å². The summed E-state index contributed by atoms with van der Waals surface area (Å²) in [6, 6.07) is 0. The Bertz CT molecular complexity index is 1340. The van der Waals surface area contributed by atoms with E-state index < -0.39 is 48.6 Å². The molecule has 4 heterocycles. The van der Waals surface area contributed by atoms with Gasteiger partial charge in [0.05, 0.1) is 0 Å². The number of nitrogens with one attached hydrogen (secondary N) is 4. The van der Waals surface area contributed by atoms with Gasteiger partial charge in [0, 0.05) is 80.0 Å². The summed E-state index contributed by atoms with van der Waals surface area (Å²) in [5.41, 5.74) is 1.27. The van der Waals surface area contributed by atoms with Gasteiger partial charge in [-0.15, -0.1) is 0 Å². The van der Waals surface area contributed by atoms with Gasteiger partial charge in [-0.05, 0) is 209 Å². The van der Waals surface area contributed by atoms with Gasteiger partial charge in [0.1, 0.15) is 0 Å². The zero-order valence-electron chi connectivity index (χ0n) is 40.8. The molecule has 4 rings (SSSR count). The van der Waals surface area contributed by atoms with E-state index in [1.807, 2.05) is 0 Å². The molecule has 4 aliphatic rings. The van der Waals surface area contributed by atoms with Crippen molar-refractivity contribution in [3.05, 3.63) is 0 Å². The molecule has 4 N–H and O–H groups in total. The van der Waals surface area contributed by atoms with Crippen LogP contribution >= 0.6 is 0 Å². The predicted molar refractivity (Wildman–Crippen MR) is 229 cm³/mol. The molecule has 2 unspecified atom stereocenters. The third kappa shape index (κ3) is 12.7. The Hall–Kier alpha value is -2.28. The first kappa shape index (κ1) is 52.1. The van der Waals surface area contributed by atoms with Crippen LogP contribution in [0.25, 0.3) is 0 Å². The minimum absolute atomic E-state index is 0.117. The summed E-state index contributed by atoms with van der Waals surface area (Å²) >= 11 is 0. The maximum atomic E-state index is 10.5. The van der Waals surface area contributed by atoms with Crippen molar-refractivity contribution in [3.8, 4) is 0 Å². The molecule has 4 saturated heterocycles. The largest absolute Gasteiger partial charge is 0.550 e. The predicted octanol–water partition coefficient (Wildman–Crippen LogP) is 3.22. The minimum Gasteiger partial charge on any atom is -0.550 e. The van der Waals surface area contributed by atoms with Crippen molar-refractivity contribution >= 4 is 23.9 Å². The lowest BCUT2D eigenvalue weighted by Gasteiger charge is -2.70. The number of aliphatic carboxylic acids is 4. The fourth-order valence-corrected chi connectivity index (χ4v) is 14.6. The average molecular weight is 845 g/mol. The van der Waals surface area contributed by atoms with Crippen LogP contribution in [0.1, 0.15) is 189 Å². The van der Waals surface area contributed by atoms with Crippen LogP contribution in [0.2, 0.25) is 0 Å². The topological polar surface area (TPSA) is 209 Å². The lowest BCUT2D eigenvalue weighted by molar-refractivity contribution is -0.335. The van der Waals surface area contributed by atoms with Gasteiger partial charge in [-0.1, -0.05) is 13.8 Å². The summed E-state index contributed by atoms with van der Waals surface area (Å²) in [5.74, 6) is -9.14. The van der Waals surface area contributed by atoms with E-state index in [9.17, 15) is 39.6 Å². The van der Waals surface area contributed by atoms with Crippen LogP contribution in [-0.2, 0) is 19.2 Å². The molecule has 12 heteroatoms. The highest BCUT2D eigenvalue weighted by Crippen LogP contribution is 2.69. The molecule has 12 nitrogen and oxygen atoms in total. The number of hydrogen-bond donors (Lipinski definition) is 4. The second kappa shape index (κ2) is 17.0. The lowest BCUT2D eigenvalue weighted by atomic mass is 9.38. The summed E-state index contributed by atoms with van der Waals surface area (Å²) in [6.07, 6.45) is 7.68. The fraction of sp³-hybridized carbons (Fsp3) is 0.917. The van der Waals surface area contributed by atoms with Crippen LogP contribution < -0.4 is 41.7 Å². The number of carbonyl (C=O) groups excluding carboxylic acids is 4. The number of rotatable bonds is 12. The third-order valence-corrected chi connectivity index (χ3v) is 15.2. The molecule has 348 valence electrons. The molecule has 0 aromatic heterocycles. The summed E-state index contributed by atoms with van der Waals surface area (Å²) in [5, 5.41) is 57.6. The van der Waals surface area contributed by atoms with Crippen LogP contribution in [0.4, 0.5) is 0 Å². The Morgan fingerprint density at radius 3 is 0.667 bits per heavy atom. The molecule has 2 atom stereocenters. The monoisotopic (exact) mass is 845 g/mol. The SMILES string of the molecule is CC1(C)CC(C(C)(C2CC(C)(C)NC(C)(C)C2)C(C)(C2CC(C)(C)NC(C)(C)C2)C2CC(C)(C)NC(C)(C)C2)CC(C)(C)N1.O=C([O-])CC(C(=O)[O-])C(CC(=O)[O-])C(=O)[O-]. The normalized spacial score (nSPS) is 27.4. The first-order valence-corrected chi connectivity index (χ1v) is 22.6. The van der Waals surface area contributed by atoms with E-state index in [1.165, 1.54) is 51.4 Å². The first-order chi connectivity index (χ1) is 26.6. The second-order valence-electron chi connectivity index (χ2n) is 25.6. The van der Waals surface area contributed by atoms with E-state index in [0.717, 1.165) is 0 Å². The van der Waals surface area contributed by atoms with Crippen LogP contribution in [0.5, 0.6) is 0 Å². The van der Waals surface area contributed by atoms with Crippen LogP contribution in [0.15, 0.2) is 0 Å². The van der Waals surface area contributed by atoms with Crippen LogP contribution in [0, 0.1) is 46.3 Å². The molecule has 0 amide bonds. The highest BCUT2D eigenvalue weighted by Gasteiger charge is 2.66. The molecule has 0 radical (unpaired) electrons. The molecule has 4 aliphatic heterocycles. The number of carbonyl (C=O) groups is 4. The maximum Gasteiger partial charge on any atom is 0.0455 e. The van der Waals surface area contributed by atoms with Crippen molar-refractivity contribution in [2.45, 2.75) is 233 Å². The van der Waals surface area contributed by atoms with Crippen molar-refractivity contribution < 1.29 is 39.6 Å². The van der Waals surface area contributed by atoms with Crippen molar-refractivity contribution in [3.63, 3.8) is 0 Å². The number of carboxylic acid groups (broad SMARTS) is 4. The molecule has 0 bridgehead atoms. The molecule has 4 fully saturated rings. The van der Waals surface area contributed by atoms with Crippen molar-refractivity contribution in [1.82, 2.24) is 21.3 Å². The van der Waals surface area contributed by atoms with Crippen LogP contribution in [0.3, 0.4) is 0 Å². The lowest BCUT2D eigenvalue weighted by Crippen LogP contribution is -2.71. The highest BCUT2D eigenvalue weighted by atomic mass is 16.4. The molecule has 60 heavy (non-hydrogen) atoms. The number of piperidine rings is 4. The van der Waals surface area contributed by atoms with Gasteiger partial charge in [0.2, 0.25) is 0 Å². The first-order valence-electron chi connectivity index (χ1n) is 22.6. The summed E-state index contributed by atoms with van der Waals surface area (Å²) < 4.78 is 0. The average Bonchev–Trinajstić information content (AvgIpc) is 2.95. The summed E-state index contributed by atoms with van der Waals surface area (Å²) in [7, 11) is 0. The van der Waals surface area contributed by atoms with E-state index in [0.29, 0.717) is 23.7 Å². The van der Waals surface area contributed by atoms with Gasteiger partial charge in [0.15, 0.2) is 0 Å². The maximum absolute atomic E-state index is 10.5. The number of hydrogen-bond acceptors (Lipinski definition) is 12. The van der Waals surface area contributed by atoms with E-state index in [2.05, 4.69) is 146 Å². The Kier molecular flexibility index (Phi) is 14.8. The Balaban J connectivity index is 0.000000508. The van der Waals surface area contributed by atoms with Crippen LogP contribution in [-0.4, -0.2) is 68.2 Å². The van der Waals surface area contributed by atoms with Gasteiger partial charge in [-0.3, -0.25) is 0 Å². The Morgan fingerprint density at radius 2 is 0.550 bits per heavy atom. The van der Waals surface area contributed by atoms with Gasteiger partial charge < -0.3 is 60.9 Å². The van der Waals surface area contributed by atoms with Crippen molar-refractivity contribution in [2.24, 2.45) is 46.3 Å². The molecule has 0 saturated carbocycles. The van der Waals surface area contributed by atoms with E-state index in [-0.39, 0.29) is 55.1 Å². The third-order valence-electron chi connectivity index (χ3n) is 15.2.